The molecular weight excluding hydrogens is 322 g/mol. The van der Waals surface area contributed by atoms with Crippen molar-refractivity contribution in [1.82, 2.24) is 14.9 Å². The number of hydrogen-bond donors (Lipinski definition) is 1. The smallest absolute Gasteiger partial charge is 0.240 e. The molecule has 1 aromatic heterocycles. The van der Waals surface area contributed by atoms with E-state index in [1.807, 2.05) is 53.1 Å². The van der Waals surface area contributed by atoms with Crippen LogP contribution in [0.1, 0.15) is 24.2 Å². The van der Waals surface area contributed by atoms with Gasteiger partial charge in [-0.05, 0) is 36.6 Å². The van der Waals surface area contributed by atoms with Gasteiger partial charge in [-0.2, -0.15) is 0 Å². The molecule has 122 valence electrons. The summed E-state index contributed by atoms with van der Waals surface area (Å²) in [5.74, 6) is 0.899. The Balaban J connectivity index is 1.69. The average molecular weight is 340 g/mol. The Kier molecular flexibility index (Phi) is 3.98. The van der Waals surface area contributed by atoms with E-state index in [0.29, 0.717) is 12.5 Å². The average Bonchev–Trinajstić information content (AvgIpc) is 3.32. The number of carbonyl (C=O) groups excluding carboxylic acids is 1. The van der Waals surface area contributed by atoms with Crippen LogP contribution in [-0.4, -0.2) is 21.5 Å². The van der Waals surface area contributed by atoms with Crippen molar-refractivity contribution in [2.24, 2.45) is 0 Å². The second-order valence-corrected chi connectivity index (χ2v) is 6.62. The van der Waals surface area contributed by atoms with Crippen molar-refractivity contribution in [3.8, 4) is 0 Å². The molecule has 0 bridgehead atoms. The molecule has 2 aromatic carbocycles. The highest BCUT2D eigenvalue weighted by Gasteiger charge is 2.24. The van der Waals surface area contributed by atoms with Crippen LogP contribution in [0.5, 0.6) is 0 Å². The van der Waals surface area contributed by atoms with Crippen molar-refractivity contribution < 1.29 is 4.79 Å². The number of amides is 1. The minimum absolute atomic E-state index is 0.0426. The topological polar surface area (TPSA) is 46.9 Å². The molecule has 24 heavy (non-hydrogen) atoms. The third-order valence-corrected chi connectivity index (χ3v) is 4.65. The van der Waals surface area contributed by atoms with E-state index in [2.05, 4.69) is 5.32 Å². The summed E-state index contributed by atoms with van der Waals surface area (Å²) in [7, 11) is 0. The molecule has 1 heterocycles. The van der Waals surface area contributed by atoms with Crippen molar-refractivity contribution in [1.29, 1.82) is 0 Å². The number of fused-ring (bicyclic) bond motifs is 1. The van der Waals surface area contributed by atoms with Crippen molar-refractivity contribution in [2.45, 2.75) is 31.8 Å². The normalized spacial score (nSPS) is 14.0. The lowest BCUT2D eigenvalue weighted by molar-refractivity contribution is -0.121. The van der Waals surface area contributed by atoms with Crippen LogP contribution in [0.4, 0.5) is 0 Å². The fourth-order valence-corrected chi connectivity index (χ4v) is 3.10. The number of para-hydroxylation sites is 2. The Bertz CT molecular complexity index is 899. The van der Waals surface area contributed by atoms with Crippen LogP contribution >= 0.6 is 11.6 Å². The Morgan fingerprint density at radius 3 is 2.71 bits per heavy atom. The molecular formula is C19H18ClN3O. The van der Waals surface area contributed by atoms with Crippen LogP contribution < -0.4 is 5.32 Å². The third kappa shape index (κ3) is 3.15. The summed E-state index contributed by atoms with van der Waals surface area (Å²) in [6, 6.07) is 16.0. The number of nitrogens with one attached hydrogen (secondary N) is 1. The first-order chi connectivity index (χ1) is 11.7. The van der Waals surface area contributed by atoms with Gasteiger partial charge in [-0.25, -0.2) is 4.98 Å². The lowest BCUT2D eigenvalue weighted by atomic mass is 10.1. The van der Waals surface area contributed by atoms with Gasteiger partial charge in [0.1, 0.15) is 12.4 Å². The molecule has 1 aliphatic rings. The van der Waals surface area contributed by atoms with Crippen molar-refractivity contribution in [2.75, 3.05) is 0 Å². The van der Waals surface area contributed by atoms with Crippen LogP contribution in [0, 0.1) is 0 Å². The summed E-state index contributed by atoms with van der Waals surface area (Å²) in [6.45, 7) is 0.288. The molecule has 0 spiro atoms. The SMILES string of the molecule is O=C(Cn1c(Cc2ccccc2Cl)nc2ccccc21)NC1CC1. The van der Waals surface area contributed by atoms with Gasteiger partial charge in [0.15, 0.2) is 0 Å². The molecule has 0 radical (unpaired) electrons. The number of rotatable bonds is 5. The highest BCUT2D eigenvalue weighted by molar-refractivity contribution is 6.31. The molecule has 0 unspecified atom stereocenters. The first-order valence-electron chi connectivity index (χ1n) is 8.17. The zero-order valence-corrected chi connectivity index (χ0v) is 14.0. The molecule has 0 atom stereocenters. The van der Waals surface area contributed by atoms with E-state index in [-0.39, 0.29) is 12.5 Å². The van der Waals surface area contributed by atoms with E-state index in [4.69, 9.17) is 16.6 Å². The number of carbonyl (C=O) groups is 1. The van der Waals surface area contributed by atoms with Crippen LogP contribution in [0.25, 0.3) is 11.0 Å². The van der Waals surface area contributed by atoms with Gasteiger partial charge in [0, 0.05) is 17.5 Å². The lowest BCUT2D eigenvalue weighted by Crippen LogP contribution is -2.29. The van der Waals surface area contributed by atoms with Crippen LogP contribution in [-0.2, 0) is 17.8 Å². The minimum atomic E-state index is 0.0426. The second kappa shape index (κ2) is 6.29. The molecule has 1 saturated carbocycles. The Morgan fingerprint density at radius 1 is 1.17 bits per heavy atom. The van der Waals surface area contributed by atoms with E-state index in [0.717, 1.165) is 40.3 Å². The molecule has 0 saturated heterocycles. The fraction of sp³-hybridized carbons (Fsp3) is 0.263. The van der Waals surface area contributed by atoms with Gasteiger partial charge in [-0.15, -0.1) is 0 Å². The molecule has 1 aliphatic carbocycles. The molecule has 3 aromatic rings. The zero-order chi connectivity index (χ0) is 16.5. The third-order valence-electron chi connectivity index (χ3n) is 4.28. The minimum Gasteiger partial charge on any atom is -0.352 e. The van der Waals surface area contributed by atoms with Gasteiger partial charge in [-0.3, -0.25) is 4.79 Å². The van der Waals surface area contributed by atoms with Gasteiger partial charge in [0.25, 0.3) is 0 Å². The number of nitrogens with zero attached hydrogens (tertiary/aromatic N) is 2. The lowest BCUT2D eigenvalue weighted by Gasteiger charge is -2.10. The van der Waals surface area contributed by atoms with Gasteiger partial charge in [0.2, 0.25) is 5.91 Å². The maximum absolute atomic E-state index is 12.3. The molecule has 1 N–H and O–H groups in total. The largest absolute Gasteiger partial charge is 0.352 e. The van der Waals surface area contributed by atoms with E-state index in [1.165, 1.54) is 0 Å². The number of benzene rings is 2. The Hall–Kier alpha value is -2.33. The summed E-state index contributed by atoms with van der Waals surface area (Å²) >= 11 is 6.29. The molecule has 4 rings (SSSR count). The fourth-order valence-electron chi connectivity index (χ4n) is 2.89. The highest BCUT2D eigenvalue weighted by atomic mass is 35.5. The molecule has 5 heteroatoms. The van der Waals surface area contributed by atoms with Gasteiger partial charge in [-0.1, -0.05) is 41.9 Å². The van der Waals surface area contributed by atoms with Crippen molar-refractivity contribution in [3.05, 3.63) is 64.9 Å². The van der Waals surface area contributed by atoms with E-state index >= 15 is 0 Å². The van der Waals surface area contributed by atoms with Gasteiger partial charge >= 0.3 is 0 Å². The first-order valence-corrected chi connectivity index (χ1v) is 8.55. The summed E-state index contributed by atoms with van der Waals surface area (Å²) in [5, 5.41) is 3.77. The molecule has 0 aliphatic heterocycles. The van der Waals surface area contributed by atoms with Crippen molar-refractivity contribution in [3.63, 3.8) is 0 Å². The summed E-state index contributed by atoms with van der Waals surface area (Å²) in [4.78, 5) is 17.0. The van der Waals surface area contributed by atoms with E-state index in [9.17, 15) is 4.79 Å². The first kappa shape index (κ1) is 15.2. The quantitative estimate of drug-likeness (QED) is 0.772. The van der Waals surface area contributed by atoms with E-state index in [1.54, 1.807) is 0 Å². The van der Waals surface area contributed by atoms with Gasteiger partial charge < -0.3 is 9.88 Å². The Morgan fingerprint density at radius 2 is 1.92 bits per heavy atom. The van der Waals surface area contributed by atoms with Crippen molar-refractivity contribution >= 4 is 28.5 Å². The highest BCUT2D eigenvalue weighted by Crippen LogP contribution is 2.23. The van der Waals surface area contributed by atoms with E-state index < -0.39 is 0 Å². The van der Waals surface area contributed by atoms with Crippen LogP contribution in [0.15, 0.2) is 48.5 Å². The predicted octanol–water partition coefficient (Wildman–Crippen LogP) is 3.56. The monoisotopic (exact) mass is 339 g/mol. The second-order valence-electron chi connectivity index (χ2n) is 6.21. The summed E-state index contributed by atoms with van der Waals surface area (Å²) in [6.07, 6.45) is 2.77. The number of aromatic nitrogens is 2. The number of hydrogen-bond acceptors (Lipinski definition) is 2. The molecule has 1 fully saturated rings. The Labute approximate surface area is 145 Å². The maximum atomic E-state index is 12.3. The summed E-state index contributed by atoms with van der Waals surface area (Å²) in [5.41, 5.74) is 2.89. The standard InChI is InChI=1S/C19H18ClN3O/c20-15-6-2-1-5-13(15)11-18-22-16-7-3-4-8-17(16)23(18)12-19(24)21-14-9-10-14/h1-8,14H,9-12H2,(H,21,24). The molecule has 1 amide bonds. The maximum Gasteiger partial charge on any atom is 0.240 e. The zero-order valence-electron chi connectivity index (χ0n) is 13.2. The predicted molar refractivity (Wildman–Crippen MR) is 95.2 cm³/mol. The number of imidazole rings is 1. The van der Waals surface area contributed by atoms with Crippen LogP contribution in [0.3, 0.4) is 0 Å². The summed E-state index contributed by atoms with van der Waals surface area (Å²) < 4.78 is 2.00. The van der Waals surface area contributed by atoms with Gasteiger partial charge in [0.05, 0.1) is 11.0 Å². The molecule has 4 nitrogen and oxygen atoms in total. The number of halogens is 1. The van der Waals surface area contributed by atoms with Crippen LogP contribution in [0.2, 0.25) is 5.02 Å².